The zero-order chi connectivity index (χ0) is 31.9. The van der Waals surface area contributed by atoms with Crippen LogP contribution in [0, 0.1) is 6.92 Å². The van der Waals surface area contributed by atoms with Crippen molar-refractivity contribution >= 4 is 12.1 Å². The average molecular weight is 621 g/mol. The number of carbonyl (C=O) groups excluding carboxylic acids is 1. The molecule has 0 aliphatic carbocycles. The van der Waals surface area contributed by atoms with Crippen LogP contribution in [-0.2, 0) is 17.5 Å². The predicted octanol–water partition coefficient (Wildman–Crippen LogP) is 7.02. The molecule has 12 heteroatoms. The van der Waals surface area contributed by atoms with Gasteiger partial charge in [0.2, 0.25) is 0 Å². The zero-order valence-corrected chi connectivity index (χ0v) is 24.6. The summed E-state index contributed by atoms with van der Waals surface area (Å²) in [5, 5.41) is 13.0. The molecule has 2 aliphatic heterocycles. The Labute approximate surface area is 257 Å². The van der Waals surface area contributed by atoms with Gasteiger partial charge >= 0.3 is 18.2 Å². The minimum Gasteiger partial charge on any atom is -0.488 e. The monoisotopic (exact) mass is 620 g/mol. The molecule has 4 aromatic rings. The first kappa shape index (κ1) is 30.2. The normalized spacial score (nSPS) is 19.4. The summed E-state index contributed by atoms with van der Waals surface area (Å²) >= 11 is 0. The van der Waals surface area contributed by atoms with Gasteiger partial charge in [0.15, 0.2) is 11.5 Å². The lowest BCUT2D eigenvalue weighted by Gasteiger charge is -2.38. The molecule has 0 spiro atoms. The lowest BCUT2D eigenvalue weighted by Crippen LogP contribution is -2.45. The minimum absolute atomic E-state index is 0.179. The number of pyridine rings is 1. The summed E-state index contributed by atoms with van der Waals surface area (Å²) in [7, 11) is 1.43. The number of hydrogen-bond donors (Lipinski definition) is 1. The lowest BCUT2D eigenvalue weighted by atomic mass is 9.85. The number of hydrogen-bond acceptors (Lipinski definition) is 6. The van der Waals surface area contributed by atoms with E-state index in [-0.39, 0.29) is 30.6 Å². The maximum Gasteiger partial charge on any atom is 0.434 e. The molecule has 9 nitrogen and oxygen atoms in total. The van der Waals surface area contributed by atoms with E-state index in [9.17, 15) is 27.9 Å². The van der Waals surface area contributed by atoms with Gasteiger partial charge < -0.3 is 19.5 Å². The van der Waals surface area contributed by atoms with Gasteiger partial charge in [-0.15, -0.1) is 0 Å². The molecule has 2 bridgehead atoms. The number of halogens is 3. The summed E-state index contributed by atoms with van der Waals surface area (Å²) in [5.74, 6) is -1.02. The van der Waals surface area contributed by atoms with Gasteiger partial charge in [-0.1, -0.05) is 42.5 Å². The van der Waals surface area contributed by atoms with Crippen LogP contribution in [-0.4, -0.2) is 56.0 Å². The van der Waals surface area contributed by atoms with Crippen molar-refractivity contribution in [1.82, 2.24) is 19.7 Å². The van der Waals surface area contributed by atoms with Crippen LogP contribution < -0.4 is 4.74 Å². The van der Waals surface area contributed by atoms with Gasteiger partial charge in [0.1, 0.15) is 17.9 Å². The third kappa shape index (κ3) is 5.84. The predicted molar refractivity (Wildman–Crippen MR) is 157 cm³/mol. The number of amides is 1. The summed E-state index contributed by atoms with van der Waals surface area (Å²) in [6.45, 7) is 2.12. The van der Waals surface area contributed by atoms with Crippen molar-refractivity contribution < 1.29 is 37.3 Å². The molecule has 2 unspecified atom stereocenters. The van der Waals surface area contributed by atoms with Crippen molar-refractivity contribution in [3.63, 3.8) is 0 Å². The van der Waals surface area contributed by atoms with Crippen LogP contribution in [0.1, 0.15) is 64.3 Å². The number of carbonyl (C=O) groups is 2. The van der Waals surface area contributed by atoms with Crippen LogP contribution in [0.4, 0.5) is 18.0 Å². The number of nitrogens with zero attached hydrogens (tertiary/aromatic N) is 4. The van der Waals surface area contributed by atoms with Crippen molar-refractivity contribution in [3.8, 4) is 22.8 Å². The van der Waals surface area contributed by atoms with E-state index in [4.69, 9.17) is 9.47 Å². The Balaban J connectivity index is 1.20. The number of piperidine rings is 1. The smallest absolute Gasteiger partial charge is 0.434 e. The molecule has 234 valence electrons. The second-order valence-corrected chi connectivity index (χ2v) is 11.4. The fourth-order valence-electron chi connectivity index (χ4n) is 6.58. The van der Waals surface area contributed by atoms with Crippen LogP contribution >= 0.6 is 0 Å². The maximum atomic E-state index is 13.8. The summed E-state index contributed by atoms with van der Waals surface area (Å²) in [6.07, 6.45) is -0.746. The zero-order valence-electron chi connectivity index (χ0n) is 24.6. The van der Waals surface area contributed by atoms with Gasteiger partial charge in [0, 0.05) is 17.6 Å². The van der Waals surface area contributed by atoms with E-state index in [1.807, 2.05) is 30.0 Å². The Morgan fingerprint density at radius 3 is 2.33 bits per heavy atom. The van der Waals surface area contributed by atoms with Crippen LogP contribution in [0.2, 0.25) is 0 Å². The highest BCUT2D eigenvalue weighted by atomic mass is 19.4. The van der Waals surface area contributed by atoms with Crippen molar-refractivity contribution in [2.45, 2.75) is 63.4 Å². The van der Waals surface area contributed by atoms with Crippen molar-refractivity contribution in [2.75, 3.05) is 7.11 Å². The number of aryl methyl sites for hydroxylation is 1. The lowest BCUT2D eigenvalue weighted by molar-refractivity contribution is -0.143. The molecular weight excluding hydrogens is 589 g/mol. The van der Waals surface area contributed by atoms with Crippen LogP contribution in [0.15, 0.2) is 66.9 Å². The Bertz CT molecular complexity index is 1720. The molecule has 2 aromatic heterocycles. The van der Waals surface area contributed by atoms with Gasteiger partial charge in [0.25, 0.3) is 0 Å². The highest BCUT2D eigenvalue weighted by Crippen LogP contribution is 2.43. The SMILES string of the molecule is COC(=O)N1C2CCC1CC(c1ccc(COc3c(C)cccc3-c3cccc(-n4ncc(C(=O)O)c4C(F)(F)F)n3)cc1)C2. The van der Waals surface area contributed by atoms with Gasteiger partial charge in [-0.25, -0.2) is 19.3 Å². The van der Waals surface area contributed by atoms with E-state index in [0.717, 1.165) is 36.8 Å². The number of aromatic carboxylic acids is 1. The molecule has 6 rings (SSSR count). The van der Waals surface area contributed by atoms with E-state index in [1.165, 1.54) is 24.8 Å². The van der Waals surface area contributed by atoms with E-state index >= 15 is 0 Å². The topological polar surface area (TPSA) is 107 Å². The largest absolute Gasteiger partial charge is 0.488 e. The fraction of sp³-hybridized carbons (Fsp3) is 0.333. The number of rotatable bonds is 7. The molecule has 1 N–H and O–H groups in total. The van der Waals surface area contributed by atoms with Gasteiger partial charge in [0.05, 0.1) is 19.0 Å². The second kappa shape index (κ2) is 11.9. The Kier molecular flexibility index (Phi) is 7.98. The van der Waals surface area contributed by atoms with E-state index in [1.54, 1.807) is 18.2 Å². The molecule has 1 amide bonds. The molecule has 2 atom stereocenters. The number of benzene rings is 2. The molecular formula is C33H31F3N4O5. The highest BCUT2D eigenvalue weighted by molar-refractivity contribution is 5.89. The number of aromatic nitrogens is 3. The Morgan fingerprint density at radius 2 is 1.69 bits per heavy atom. The average Bonchev–Trinajstić information content (AvgIpc) is 3.60. The second-order valence-electron chi connectivity index (χ2n) is 11.4. The summed E-state index contributed by atoms with van der Waals surface area (Å²) in [6, 6.07) is 18.6. The molecule has 2 fully saturated rings. The molecule has 4 heterocycles. The molecule has 2 aromatic carbocycles. The first-order valence-corrected chi connectivity index (χ1v) is 14.6. The third-order valence-electron chi connectivity index (χ3n) is 8.66. The van der Waals surface area contributed by atoms with Crippen LogP contribution in [0.3, 0.4) is 0 Å². The van der Waals surface area contributed by atoms with E-state index in [2.05, 4.69) is 22.2 Å². The van der Waals surface area contributed by atoms with Gasteiger partial charge in [-0.3, -0.25) is 0 Å². The number of para-hydroxylation sites is 1. The summed E-state index contributed by atoms with van der Waals surface area (Å²) < 4.78 is 53.2. The van der Waals surface area contributed by atoms with E-state index in [0.29, 0.717) is 33.8 Å². The maximum absolute atomic E-state index is 13.8. The van der Waals surface area contributed by atoms with Crippen molar-refractivity contribution in [3.05, 3.63) is 94.8 Å². The summed E-state index contributed by atoms with van der Waals surface area (Å²) in [4.78, 5) is 30.0. The van der Waals surface area contributed by atoms with Crippen LogP contribution in [0.25, 0.3) is 17.1 Å². The minimum atomic E-state index is -4.96. The molecule has 2 aliphatic rings. The number of carboxylic acids is 1. The third-order valence-corrected chi connectivity index (χ3v) is 8.66. The number of methoxy groups -OCH3 is 1. The Hall–Kier alpha value is -4.87. The van der Waals surface area contributed by atoms with Crippen molar-refractivity contribution in [1.29, 1.82) is 0 Å². The van der Waals surface area contributed by atoms with E-state index < -0.39 is 23.4 Å². The molecule has 0 radical (unpaired) electrons. The highest BCUT2D eigenvalue weighted by Gasteiger charge is 2.44. The first-order chi connectivity index (χ1) is 21.5. The van der Waals surface area contributed by atoms with Gasteiger partial charge in [-0.2, -0.15) is 18.3 Å². The number of fused-ring (bicyclic) bond motifs is 2. The number of carboxylic acid groups (broad SMARTS) is 1. The fourth-order valence-corrected chi connectivity index (χ4v) is 6.58. The molecule has 2 saturated heterocycles. The molecule has 0 saturated carbocycles. The number of alkyl halides is 3. The quantitative estimate of drug-likeness (QED) is 0.237. The first-order valence-electron chi connectivity index (χ1n) is 14.6. The summed E-state index contributed by atoms with van der Waals surface area (Å²) in [5.41, 5.74) is 1.52. The standard InChI is InChI=1S/C33H31F3N4O5/c1-19-5-3-6-25(27-7-4-8-28(38-27)40-30(33(34,35)36)26(17-37-40)31(41)42)29(19)45-18-20-9-11-21(12-10-20)22-15-23-13-14-24(16-22)39(23)32(43)44-2/h3-12,17,22-24H,13-16,18H2,1-2H3,(H,41,42). The van der Waals surface area contributed by atoms with Gasteiger partial charge in [-0.05, 0) is 73.4 Å². The number of ether oxygens (including phenoxy) is 2. The molecule has 45 heavy (non-hydrogen) atoms. The van der Waals surface area contributed by atoms with Crippen LogP contribution in [0.5, 0.6) is 5.75 Å². The van der Waals surface area contributed by atoms with Crippen molar-refractivity contribution in [2.24, 2.45) is 0 Å². The Morgan fingerprint density at radius 1 is 1.00 bits per heavy atom.